The third-order valence-electron chi connectivity index (χ3n) is 2.90. The van der Waals surface area contributed by atoms with E-state index in [9.17, 15) is 4.79 Å². The van der Waals surface area contributed by atoms with E-state index in [4.69, 9.17) is 4.42 Å². The highest BCUT2D eigenvalue weighted by molar-refractivity contribution is 8.00. The zero-order valence-corrected chi connectivity index (χ0v) is 13.4. The van der Waals surface area contributed by atoms with E-state index in [-0.39, 0.29) is 11.2 Å². The number of aromatic amines is 1. The van der Waals surface area contributed by atoms with E-state index in [2.05, 4.69) is 20.5 Å². The molecule has 0 aliphatic rings. The number of H-pyrrole nitrogens is 1. The molecule has 3 heterocycles. The molecule has 1 atom stereocenters. The van der Waals surface area contributed by atoms with Crippen LogP contribution in [-0.4, -0.2) is 26.3 Å². The number of thioether (sulfide) groups is 1. The topological polar surface area (TPSA) is 83.8 Å². The molecule has 0 saturated heterocycles. The van der Waals surface area contributed by atoms with Crippen LogP contribution in [0, 0.1) is 0 Å². The van der Waals surface area contributed by atoms with Crippen LogP contribution in [0.3, 0.4) is 0 Å². The number of amides is 1. The highest BCUT2D eigenvalue weighted by Gasteiger charge is 2.18. The molecule has 3 rings (SSSR count). The largest absolute Gasteiger partial charge is 0.410 e. The fourth-order valence-electron chi connectivity index (χ4n) is 1.77. The van der Waals surface area contributed by atoms with Crippen LogP contribution in [0.15, 0.2) is 45.5 Å². The summed E-state index contributed by atoms with van der Waals surface area (Å²) < 4.78 is 5.53. The van der Waals surface area contributed by atoms with Gasteiger partial charge in [-0.05, 0) is 30.5 Å². The van der Waals surface area contributed by atoms with Gasteiger partial charge in [0.05, 0.1) is 11.8 Å². The first kappa shape index (κ1) is 14.9. The lowest BCUT2D eigenvalue weighted by atomic mass is 10.4. The van der Waals surface area contributed by atoms with Gasteiger partial charge in [-0.25, -0.2) is 0 Å². The second kappa shape index (κ2) is 6.80. The Morgan fingerprint density at radius 2 is 2.36 bits per heavy atom. The van der Waals surface area contributed by atoms with E-state index >= 15 is 0 Å². The molecule has 8 heteroatoms. The summed E-state index contributed by atoms with van der Waals surface area (Å²) in [7, 11) is 0. The van der Waals surface area contributed by atoms with Gasteiger partial charge >= 0.3 is 0 Å². The summed E-state index contributed by atoms with van der Waals surface area (Å²) in [4.78, 5) is 16.2. The van der Waals surface area contributed by atoms with Crippen molar-refractivity contribution in [3.05, 3.63) is 40.7 Å². The van der Waals surface area contributed by atoms with Crippen LogP contribution >= 0.6 is 23.1 Å². The Kier molecular flexibility index (Phi) is 4.59. The third kappa shape index (κ3) is 3.58. The first-order valence-electron chi connectivity index (χ1n) is 6.66. The summed E-state index contributed by atoms with van der Waals surface area (Å²) in [6.07, 6.45) is 1.78. The van der Waals surface area contributed by atoms with Crippen LogP contribution in [-0.2, 0) is 11.3 Å². The van der Waals surface area contributed by atoms with E-state index in [0.29, 0.717) is 17.7 Å². The predicted octanol–water partition coefficient (Wildman–Crippen LogP) is 2.92. The van der Waals surface area contributed by atoms with Crippen LogP contribution < -0.4 is 5.32 Å². The van der Waals surface area contributed by atoms with Gasteiger partial charge in [-0.1, -0.05) is 17.8 Å². The minimum absolute atomic E-state index is 0.0574. The lowest BCUT2D eigenvalue weighted by Gasteiger charge is -2.08. The Morgan fingerprint density at radius 1 is 1.45 bits per heavy atom. The van der Waals surface area contributed by atoms with Crippen molar-refractivity contribution in [2.75, 3.05) is 0 Å². The molecular formula is C14H14N4O2S2. The van der Waals surface area contributed by atoms with Crippen molar-refractivity contribution in [1.29, 1.82) is 0 Å². The first-order chi connectivity index (χ1) is 10.7. The summed E-state index contributed by atoms with van der Waals surface area (Å²) in [6, 6.07) is 7.65. The van der Waals surface area contributed by atoms with Gasteiger partial charge in [-0.2, -0.15) is 0 Å². The van der Waals surface area contributed by atoms with Crippen molar-refractivity contribution in [3.8, 4) is 11.6 Å². The van der Waals surface area contributed by atoms with Gasteiger partial charge in [0.1, 0.15) is 5.69 Å². The molecule has 3 aromatic heterocycles. The van der Waals surface area contributed by atoms with Crippen molar-refractivity contribution in [3.63, 3.8) is 0 Å². The molecule has 1 amide bonds. The van der Waals surface area contributed by atoms with Crippen LogP contribution in [0.5, 0.6) is 0 Å². The SMILES string of the molecule is CC(Sc1nnc(-c2ccc[nH]2)o1)C(=O)NCc1cccs1. The number of nitrogens with zero attached hydrogens (tertiary/aromatic N) is 2. The van der Waals surface area contributed by atoms with E-state index < -0.39 is 0 Å². The molecule has 0 radical (unpaired) electrons. The van der Waals surface area contributed by atoms with Gasteiger partial charge in [0.15, 0.2) is 0 Å². The zero-order chi connectivity index (χ0) is 15.4. The maximum Gasteiger partial charge on any atom is 0.277 e. The molecule has 6 nitrogen and oxygen atoms in total. The molecule has 1 unspecified atom stereocenters. The monoisotopic (exact) mass is 334 g/mol. The fourth-order valence-corrected chi connectivity index (χ4v) is 3.12. The minimum atomic E-state index is -0.308. The third-order valence-corrected chi connectivity index (χ3v) is 4.71. The Morgan fingerprint density at radius 3 is 3.09 bits per heavy atom. The second-order valence-corrected chi connectivity index (χ2v) is 6.84. The average molecular weight is 334 g/mol. The zero-order valence-electron chi connectivity index (χ0n) is 11.8. The van der Waals surface area contributed by atoms with Crippen molar-refractivity contribution in [1.82, 2.24) is 20.5 Å². The minimum Gasteiger partial charge on any atom is -0.410 e. The summed E-state index contributed by atoms with van der Waals surface area (Å²) >= 11 is 2.86. The molecule has 0 spiro atoms. The van der Waals surface area contributed by atoms with Crippen LogP contribution in [0.2, 0.25) is 0 Å². The average Bonchev–Trinajstić information content (AvgIpc) is 3.25. The predicted molar refractivity (Wildman–Crippen MR) is 85.6 cm³/mol. The summed E-state index contributed by atoms with van der Waals surface area (Å²) in [5, 5.41) is 12.9. The lowest BCUT2D eigenvalue weighted by Crippen LogP contribution is -2.30. The number of thiophene rings is 1. The van der Waals surface area contributed by atoms with Crippen LogP contribution in [0.1, 0.15) is 11.8 Å². The van der Waals surface area contributed by atoms with Gasteiger partial charge < -0.3 is 14.7 Å². The lowest BCUT2D eigenvalue weighted by molar-refractivity contribution is -0.120. The highest BCUT2D eigenvalue weighted by Crippen LogP contribution is 2.25. The Bertz CT molecular complexity index is 722. The van der Waals surface area contributed by atoms with Gasteiger partial charge in [0.2, 0.25) is 5.91 Å². The van der Waals surface area contributed by atoms with E-state index in [1.165, 1.54) is 11.8 Å². The normalized spacial score (nSPS) is 12.2. The number of hydrogen-bond donors (Lipinski definition) is 2. The van der Waals surface area contributed by atoms with Gasteiger partial charge in [0, 0.05) is 11.1 Å². The number of nitrogens with one attached hydrogen (secondary N) is 2. The summed E-state index contributed by atoms with van der Waals surface area (Å²) in [5.74, 6) is 0.358. The van der Waals surface area contributed by atoms with Crippen molar-refractivity contribution in [2.24, 2.45) is 0 Å². The van der Waals surface area contributed by atoms with Crippen molar-refractivity contribution in [2.45, 2.75) is 23.9 Å². The summed E-state index contributed by atoms with van der Waals surface area (Å²) in [5.41, 5.74) is 0.758. The van der Waals surface area contributed by atoms with E-state index in [1.54, 1.807) is 17.5 Å². The van der Waals surface area contributed by atoms with E-state index in [0.717, 1.165) is 10.6 Å². The number of hydrogen-bond acceptors (Lipinski definition) is 6. The molecule has 3 aromatic rings. The maximum absolute atomic E-state index is 12.1. The molecule has 0 aromatic carbocycles. The molecule has 2 N–H and O–H groups in total. The molecule has 0 fully saturated rings. The first-order valence-corrected chi connectivity index (χ1v) is 8.42. The number of carbonyl (C=O) groups is 1. The fraction of sp³-hybridized carbons (Fsp3) is 0.214. The van der Waals surface area contributed by atoms with E-state index in [1.807, 2.05) is 36.6 Å². The molecule has 114 valence electrons. The Labute approximate surface area is 135 Å². The van der Waals surface area contributed by atoms with Crippen molar-refractivity contribution < 1.29 is 9.21 Å². The standard InChI is InChI=1S/C14H14N4O2S2/c1-9(12(19)16-8-10-4-3-7-21-10)22-14-18-17-13(20-14)11-5-2-6-15-11/h2-7,9,15H,8H2,1H3,(H,16,19). The Balaban J connectivity index is 1.54. The molecule has 0 saturated carbocycles. The van der Waals surface area contributed by atoms with Gasteiger partial charge in [0.25, 0.3) is 11.1 Å². The maximum atomic E-state index is 12.1. The molecule has 0 bridgehead atoms. The van der Waals surface area contributed by atoms with Gasteiger partial charge in [-0.15, -0.1) is 21.5 Å². The number of rotatable bonds is 6. The molecule has 0 aliphatic heterocycles. The smallest absolute Gasteiger partial charge is 0.277 e. The van der Waals surface area contributed by atoms with Crippen LogP contribution in [0.4, 0.5) is 0 Å². The second-order valence-electron chi connectivity index (χ2n) is 4.51. The highest BCUT2D eigenvalue weighted by atomic mass is 32.2. The molecule has 22 heavy (non-hydrogen) atoms. The summed E-state index contributed by atoms with van der Waals surface area (Å²) in [6.45, 7) is 2.35. The molecule has 0 aliphatic carbocycles. The van der Waals surface area contributed by atoms with Gasteiger partial charge in [-0.3, -0.25) is 4.79 Å². The number of aromatic nitrogens is 3. The molecular weight excluding hydrogens is 320 g/mol. The van der Waals surface area contributed by atoms with Crippen molar-refractivity contribution >= 4 is 29.0 Å². The number of carbonyl (C=O) groups excluding carboxylic acids is 1. The quantitative estimate of drug-likeness (QED) is 0.677. The van der Waals surface area contributed by atoms with Crippen LogP contribution in [0.25, 0.3) is 11.6 Å². The Hall–Kier alpha value is -2.06.